The van der Waals surface area contributed by atoms with Gasteiger partial charge in [-0.05, 0) is 38.1 Å². The average molecular weight is 239 g/mol. The van der Waals surface area contributed by atoms with Crippen LogP contribution in [0, 0.1) is 5.82 Å². The van der Waals surface area contributed by atoms with Crippen LogP contribution in [0.3, 0.4) is 0 Å². The lowest BCUT2D eigenvalue weighted by atomic mass is 10.2. The van der Waals surface area contributed by atoms with Gasteiger partial charge in [-0.15, -0.1) is 12.6 Å². The third-order valence-corrected chi connectivity index (χ3v) is 3.41. The fourth-order valence-corrected chi connectivity index (χ4v) is 2.39. The number of hydrogen-bond acceptors (Lipinski definition) is 2. The van der Waals surface area contributed by atoms with Gasteiger partial charge in [0, 0.05) is 17.0 Å². The molecule has 0 radical (unpaired) electrons. The van der Waals surface area contributed by atoms with Gasteiger partial charge in [-0.2, -0.15) is 0 Å². The monoisotopic (exact) mass is 239 g/mol. The summed E-state index contributed by atoms with van der Waals surface area (Å²) in [5.41, 5.74) is 0.791. The van der Waals surface area contributed by atoms with Gasteiger partial charge in [0.2, 0.25) is 0 Å². The number of hydrogen-bond donors (Lipinski definition) is 1. The maximum absolute atomic E-state index is 13.6. The van der Waals surface area contributed by atoms with E-state index in [9.17, 15) is 4.39 Å². The van der Waals surface area contributed by atoms with Crippen LogP contribution >= 0.6 is 12.6 Å². The van der Waals surface area contributed by atoms with Gasteiger partial charge in [-0.1, -0.05) is 18.9 Å². The van der Waals surface area contributed by atoms with E-state index in [2.05, 4.69) is 17.5 Å². The molecular weight excluding hydrogens is 221 g/mol. The molecule has 0 N–H and O–H groups in total. The van der Waals surface area contributed by atoms with E-state index in [0.29, 0.717) is 4.90 Å². The molecule has 0 aliphatic carbocycles. The van der Waals surface area contributed by atoms with Crippen molar-refractivity contribution in [1.82, 2.24) is 4.90 Å². The van der Waals surface area contributed by atoms with E-state index in [-0.39, 0.29) is 5.82 Å². The Morgan fingerprint density at radius 2 is 1.81 bits per heavy atom. The van der Waals surface area contributed by atoms with E-state index >= 15 is 0 Å². The van der Waals surface area contributed by atoms with Crippen LogP contribution < -0.4 is 0 Å². The van der Waals surface area contributed by atoms with Crippen molar-refractivity contribution in [2.75, 3.05) is 13.1 Å². The summed E-state index contributed by atoms with van der Waals surface area (Å²) in [6.45, 7) is 2.93. The van der Waals surface area contributed by atoms with Crippen molar-refractivity contribution in [3.63, 3.8) is 0 Å². The van der Waals surface area contributed by atoms with Crippen molar-refractivity contribution in [3.05, 3.63) is 29.6 Å². The van der Waals surface area contributed by atoms with Crippen LogP contribution in [0.25, 0.3) is 0 Å². The first-order valence-corrected chi connectivity index (χ1v) is 6.40. The second kappa shape index (κ2) is 5.69. The van der Waals surface area contributed by atoms with Crippen molar-refractivity contribution < 1.29 is 4.39 Å². The Morgan fingerprint density at radius 3 is 2.44 bits per heavy atom. The number of benzene rings is 1. The molecule has 1 aliphatic rings. The fourth-order valence-electron chi connectivity index (χ4n) is 2.20. The molecule has 0 atom stereocenters. The molecule has 1 saturated heterocycles. The van der Waals surface area contributed by atoms with Gasteiger partial charge in [0.25, 0.3) is 0 Å². The highest BCUT2D eigenvalue weighted by atomic mass is 32.1. The minimum Gasteiger partial charge on any atom is -0.299 e. The van der Waals surface area contributed by atoms with E-state index < -0.39 is 0 Å². The smallest absolute Gasteiger partial charge is 0.128 e. The number of halogens is 1. The molecule has 1 heterocycles. The van der Waals surface area contributed by atoms with Gasteiger partial charge in [-0.25, -0.2) is 4.39 Å². The van der Waals surface area contributed by atoms with Crippen LogP contribution in [-0.2, 0) is 6.54 Å². The van der Waals surface area contributed by atoms with Crippen LogP contribution in [0.4, 0.5) is 4.39 Å². The van der Waals surface area contributed by atoms with Crippen LogP contribution in [0.5, 0.6) is 0 Å². The van der Waals surface area contributed by atoms with Crippen molar-refractivity contribution in [2.24, 2.45) is 0 Å². The van der Waals surface area contributed by atoms with Gasteiger partial charge in [0.15, 0.2) is 0 Å². The van der Waals surface area contributed by atoms with E-state index in [1.807, 2.05) is 12.1 Å². The predicted octanol–water partition coefficient (Wildman–Crippen LogP) is 3.49. The lowest BCUT2D eigenvalue weighted by molar-refractivity contribution is 0.273. The topological polar surface area (TPSA) is 3.24 Å². The molecular formula is C13H18FNS. The Kier molecular flexibility index (Phi) is 4.24. The number of thiol groups is 1. The molecule has 0 saturated carbocycles. The van der Waals surface area contributed by atoms with Gasteiger partial charge >= 0.3 is 0 Å². The van der Waals surface area contributed by atoms with Crippen LogP contribution in [-0.4, -0.2) is 18.0 Å². The molecule has 0 unspecified atom stereocenters. The molecule has 0 amide bonds. The van der Waals surface area contributed by atoms with Gasteiger partial charge in [0.1, 0.15) is 5.82 Å². The van der Waals surface area contributed by atoms with Gasteiger partial charge in [-0.3, -0.25) is 4.90 Å². The van der Waals surface area contributed by atoms with E-state index in [1.54, 1.807) is 0 Å². The molecule has 1 fully saturated rings. The maximum Gasteiger partial charge on any atom is 0.128 e. The zero-order chi connectivity index (χ0) is 11.4. The predicted molar refractivity (Wildman–Crippen MR) is 67.4 cm³/mol. The molecule has 1 aromatic carbocycles. The molecule has 1 aliphatic heterocycles. The highest BCUT2D eigenvalue weighted by Crippen LogP contribution is 2.17. The molecule has 2 rings (SSSR count). The third kappa shape index (κ3) is 3.22. The first-order chi connectivity index (χ1) is 7.75. The number of likely N-dealkylation sites (tertiary alicyclic amines) is 1. The summed E-state index contributed by atoms with van der Waals surface area (Å²) in [7, 11) is 0. The van der Waals surface area contributed by atoms with Crippen LogP contribution in [0.1, 0.15) is 31.2 Å². The Morgan fingerprint density at radius 1 is 1.12 bits per heavy atom. The molecule has 1 nitrogen and oxygen atoms in total. The molecule has 88 valence electrons. The first kappa shape index (κ1) is 11.9. The first-order valence-electron chi connectivity index (χ1n) is 5.95. The van der Waals surface area contributed by atoms with Crippen molar-refractivity contribution in [2.45, 2.75) is 37.1 Å². The van der Waals surface area contributed by atoms with Crippen LogP contribution in [0.15, 0.2) is 23.1 Å². The van der Waals surface area contributed by atoms with Crippen molar-refractivity contribution in [1.29, 1.82) is 0 Å². The van der Waals surface area contributed by atoms with Gasteiger partial charge in [0.05, 0.1) is 0 Å². The highest BCUT2D eigenvalue weighted by Gasteiger charge is 2.11. The summed E-state index contributed by atoms with van der Waals surface area (Å²) < 4.78 is 13.6. The largest absolute Gasteiger partial charge is 0.299 e. The van der Waals surface area contributed by atoms with Crippen molar-refractivity contribution >= 4 is 12.6 Å². The van der Waals surface area contributed by atoms with E-state index in [4.69, 9.17) is 0 Å². The molecule has 0 bridgehead atoms. The summed E-state index contributed by atoms with van der Waals surface area (Å²) in [6, 6.07) is 5.21. The summed E-state index contributed by atoms with van der Waals surface area (Å²) in [4.78, 5) is 3.04. The highest BCUT2D eigenvalue weighted by molar-refractivity contribution is 7.80. The molecule has 1 aromatic rings. The summed E-state index contributed by atoms with van der Waals surface area (Å²) in [6.07, 6.45) is 5.11. The zero-order valence-corrected chi connectivity index (χ0v) is 10.3. The molecule has 0 aromatic heterocycles. The quantitative estimate of drug-likeness (QED) is 0.773. The Balaban J connectivity index is 2.01. The zero-order valence-electron chi connectivity index (χ0n) is 9.45. The summed E-state index contributed by atoms with van der Waals surface area (Å²) in [5, 5.41) is 0. The van der Waals surface area contributed by atoms with Crippen molar-refractivity contribution in [3.8, 4) is 0 Å². The fraction of sp³-hybridized carbons (Fsp3) is 0.538. The Bertz CT molecular complexity index is 346. The SMILES string of the molecule is Fc1cc(S)ccc1CN1CCCCCC1. The Labute approximate surface area is 102 Å². The molecule has 3 heteroatoms. The lowest BCUT2D eigenvalue weighted by Crippen LogP contribution is -2.24. The second-order valence-corrected chi connectivity index (χ2v) is 4.98. The minimum absolute atomic E-state index is 0.128. The van der Waals surface area contributed by atoms with Gasteiger partial charge < -0.3 is 0 Å². The standard InChI is InChI=1S/C13H18FNS/c14-13-9-12(16)6-5-11(13)10-15-7-3-1-2-4-8-15/h5-6,9,16H,1-4,7-8,10H2. The third-order valence-electron chi connectivity index (χ3n) is 3.13. The maximum atomic E-state index is 13.6. The molecule has 0 spiro atoms. The average Bonchev–Trinajstić information content (AvgIpc) is 2.51. The van der Waals surface area contributed by atoms with E-state index in [0.717, 1.165) is 25.2 Å². The summed E-state index contributed by atoms with van der Waals surface area (Å²) in [5.74, 6) is -0.128. The van der Waals surface area contributed by atoms with Crippen LogP contribution in [0.2, 0.25) is 0 Å². The summed E-state index contributed by atoms with van der Waals surface area (Å²) >= 11 is 4.13. The Hall–Kier alpha value is -0.540. The van der Waals surface area contributed by atoms with E-state index in [1.165, 1.54) is 31.7 Å². The normalized spacial score (nSPS) is 18.4. The second-order valence-electron chi connectivity index (χ2n) is 4.47. The number of rotatable bonds is 2. The lowest BCUT2D eigenvalue weighted by Gasteiger charge is -2.20. The molecule has 16 heavy (non-hydrogen) atoms. The minimum atomic E-state index is -0.128. The number of nitrogens with zero attached hydrogens (tertiary/aromatic N) is 1.